The van der Waals surface area contributed by atoms with Crippen LogP contribution in [-0.2, 0) is 6.42 Å². The van der Waals surface area contributed by atoms with Crippen molar-refractivity contribution in [3.05, 3.63) is 66.0 Å². The highest BCUT2D eigenvalue weighted by atomic mass is 19.1. The van der Waals surface area contributed by atoms with Gasteiger partial charge in [-0.05, 0) is 49.1 Å². The highest BCUT2D eigenvalue weighted by molar-refractivity contribution is 5.22. The van der Waals surface area contributed by atoms with Crippen molar-refractivity contribution < 1.29 is 9.13 Å². The quantitative estimate of drug-likeness (QED) is 0.691. The molecular weight excluding hydrogens is 227 g/mol. The molecular formula is C16H17FO. The van der Waals surface area contributed by atoms with E-state index in [1.807, 2.05) is 6.07 Å². The maximum Gasteiger partial charge on any atom is 0.123 e. The first-order valence-corrected chi connectivity index (χ1v) is 6.27. The van der Waals surface area contributed by atoms with Crippen LogP contribution in [0.2, 0.25) is 0 Å². The van der Waals surface area contributed by atoms with Gasteiger partial charge in [-0.25, -0.2) is 4.39 Å². The second kappa shape index (κ2) is 6.80. The molecule has 0 fully saturated rings. The minimum atomic E-state index is -0.230. The third-order valence-electron chi connectivity index (χ3n) is 2.78. The first kappa shape index (κ1) is 12.6. The number of halogens is 1. The molecule has 0 unspecified atom stereocenters. The van der Waals surface area contributed by atoms with Crippen LogP contribution in [0.25, 0.3) is 0 Å². The largest absolute Gasteiger partial charge is 0.494 e. The number of ether oxygens (including phenoxy) is 1. The maximum atomic E-state index is 12.7. The van der Waals surface area contributed by atoms with Gasteiger partial charge in [0, 0.05) is 0 Å². The lowest BCUT2D eigenvalue weighted by Gasteiger charge is -2.06. The monoisotopic (exact) mass is 244 g/mol. The molecule has 0 atom stereocenters. The van der Waals surface area contributed by atoms with E-state index in [4.69, 9.17) is 4.74 Å². The molecule has 0 saturated carbocycles. The van der Waals surface area contributed by atoms with E-state index in [0.29, 0.717) is 6.61 Å². The third-order valence-corrected chi connectivity index (χ3v) is 2.78. The number of unbranched alkanes of at least 4 members (excludes halogenated alkanes) is 1. The Labute approximate surface area is 107 Å². The predicted molar refractivity (Wildman–Crippen MR) is 71.3 cm³/mol. The van der Waals surface area contributed by atoms with Gasteiger partial charge >= 0.3 is 0 Å². The van der Waals surface area contributed by atoms with Crippen LogP contribution in [0.5, 0.6) is 5.75 Å². The zero-order chi connectivity index (χ0) is 12.6. The van der Waals surface area contributed by atoms with Crippen molar-refractivity contribution in [3.8, 4) is 5.75 Å². The van der Waals surface area contributed by atoms with Gasteiger partial charge in [-0.1, -0.05) is 30.3 Å². The minimum absolute atomic E-state index is 0.230. The molecule has 2 heteroatoms. The molecule has 0 amide bonds. The highest BCUT2D eigenvalue weighted by Gasteiger charge is 1.96. The molecule has 0 aromatic heterocycles. The Morgan fingerprint density at radius 1 is 0.833 bits per heavy atom. The molecule has 0 aliphatic rings. The van der Waals surface area contributed by atoms with E-state index in [1.165, 1.54) is 17.7 Å². The van der Waals surface area contributed by atoms with Crippen molar-refractivity contribution in [3.63, 3.8) is 0 Å². The fourth-order valence-electron chi connectivity index (χ4n) is 1.80. The summed E-state index contributed by atoms with van der Waals surface area (Å²) in [6.07, 6.45) is 3.19. The molecule has 0 bridgehead atoms. The molecule has 2 aromatic carbocycles. The van der Waals surface area contributed by atoms with E-state index in [0.717, 1.165) is 25.0 Å². The van der Waals surface area contributed by atoms with Gasteiger partial charge in [-0.3, -0.25) is 0 Å². The molecule has 0 N–H and O–H groups in total. The Morgan fingerprint density at radius 3 is 2.28 bits per heavy atom. The number of hydrogen-bond acceptors (Lipinski definition) is 1. The predicted octanol–water partition coefficient (Wildman–Crippen LogP) is 4.23. The summed E-state index contributed by atoms with van der Waals surface area (Å²) in [5.41, 5.74) is 1.36. The summed E-state index contributed by atoms with van der Waals surface area (Å²) < 4.78 is 18.2. The van der Waals surface area contributed by atoms with E-state index in [2.05, 4.69) is 24.3 Å². The van der Waals surface area contributed by atoms with Crippen LogP contribution in [0.3, 0.4) is 0 Å². The number of benzene rings is 2. The van der Waals surface area contributed by atoms with Crippen LogP contribution in [0.4, 0.5) is 4.39 Å². The summed E-state index contributed by atoms with van der Waals surface area (Å²) in [6.45, 7) is 0.679. The van der Waals surface area contributed by atoms with Crippen LogP contribution in [0, 0.1) is 5.82 Å². The lowest BCUT2D eigenvalue weighted by Crippen LogP contribution is -1.98. The Balaban J connectivity index is 1.63. The fourth-order valence-corrected chi connectivity index (χ4v) is 1.80. The molecule has 0 radical (unpaired) electrons. The Bertz CT molecular complexity index is 450. The Kier molecular flexibility index (Phi) is 4.77. The van der Waals surface area contributed by atoms with Gasteiger partial charge in [0.1, 0.15) is 11.6 Å². The molecule has 0 heterocycles. The third kappa shape index (κ3) is 4.21. The molecule has 18 heavy (non-hydrogen) atoms. The molecule has 0 aliphatic heterocycles. The van der Waals surface area contributed by atoms with Crippen LogP contribution >= 0.6 is 0 Å². The summed E-state index contributed by atoms with van der Waals surface area (Å²) >= 11 is 0. The SMILES string of the molecule is Fc1ccc(OCCCCc2ccccc2)cc1. The molecule has 2 rings (SSSR count). The van der Waals surface area contributed by atoms with Gasteiger partial charge in [0.25, 0.3) is 0 Å². The number of rotatable bonds is 6. The van der Waals surface area contributed by atoms with Crippen molar-refractivity contribution in [2.24, 2.45) is 0 Å². The smallest absolute Gasteiger partial charge is 0.123 e. The Morgan fingerprint density at radius 2 is 1.56 bits per heavy atom. The van der Waals surface area contributed by atoms with Gasteiger partial charge < -0.3 is 4.74 Å². The van der Waals surface area contributed by atoms with E-state index >= 15 is 0 Å². The number of hydrogen-bond donors (Lipinski definition) is 0. The second-order valence-electron chi connectivity index (χ2n) is 4.25. The molecule has 0 saturated heterocycles. The van der Waals surface area contributed by atoms with Gasteiger partial charge in [0.15, 0.2) is 0 Å². The van der Waals surface area contributed by atoms with Gasteiger partial charge in [0.05, 0.1) is 6.61 Å². The van der Waals surface area contributed by atoms with E-state index < -0.39 is 0 Å². The molecule has 0 aliphatic carbocycles. The average molecular weight is 244 g/mol. The van der Waals surface area contributed by atoms with Crippen molar-refractivity contribution in [1.82, 2.24) is 0 Å². The average Bonchev–Trinajstić information content (AvgIpc) is 2.42. The first-order chi connectivity index (χ1) is 8.84. The van der Waals surface area contributed by atoms with Gasteiger partial charge in [0.2, 0.25) is 0 Å². The first-order valence-electron chi connectivity index (χ1n) is 6.27. The summed E-state index contributed by atoms with van der Waals surface area (Å²) in [6, 6.07) is 16.6. The van der Waals surface area contributed by atoms with Crippen LogP contribution in [-0.4, -0.2) is 6.61 Å². The lowest BCUT2D eigenvalue weighted by atomic mass is 10.1. The van der Waals surface area contributed by atoms with Crippen molar-refractivity contribution in [1.29, 1.82) is 0 Å². The topological polar surface area (TPSA) is 9.23 Å². The zero-order valence-corrected chi connectivity index (χ0v) is 10.3. The van der Waals surface area contributed by atoms with Crippen molar-refractivity contribution >= 4 is 0 Å². The van der Waals surface area contributed by atoms with Gasteiger partial charge in [-0.2, -0.15) is 0 Å². The Hall–Kier alpha value is -1.83. The summed E-state index contributed by atoms with van der Waals surface area (Å²) in [7, 11) is 0. The maximum absolute atomic E-state index is 12.7. The van der Waals surface area contributed by atoms with Crippen LogP contribution < -0.4 is 4.74 Å². The van der Waals surface area contributed by atoms with Crippen LogP contribution in [0.15, 0.2) is 54.6 Å². The summed E-state index contributed by atoms with van der Waals surface area (Å²) in [5, 5.41) is 0. The van der Waals surface area contributed by atoms with Crippen LogP contribution in [0.1, 0.15) is 18.4 Å². The normalized spacial score (nSPS) is 10.3. The minimum Gasteiger partial charge on any atom is -0.494 e. The highest BCUT2D eigenvalue weighted by Crippen LogP contribution is 2.12. The molecule has 0 spiro atoms. The van der Waals surface area contributed by atoms with Crippen molar-refractivity contribution in [2.75, 3.05) is 6.61 Å². The van der Waals surface area contributed by atoms with Gasteiger partial charge in [-0.15, -0.1) is 0 Å². The van der Waals surface area contributed by atoms with E-state index in [1.54, 1.807) is 12.1 Å². The lowest BCUT2D eigenvalue weighted by molar-refractivity contribution is 0.306. The van der Waals surface area contributed by atoms with E-state index in [9.17, 15) is 4.39 Å². The standard InChI is InChI=1S/C16H17FO/c17-15-9-11-16(12-10-15)18-13-5-4-8-14-6-2-1-3-7-14/h1-3,6-7,9-12H,4-5,8,13H2. The molecule has 1 nitrogen and oxygen atoms in total. The second-order valence-corrected chi connectivity index (χ2v) is 4.25. The molecule has 94 valence electrons. The molecule has 2 aromatic rings. The summed E-state index contributed by atoms with van der Waals surface area (Å²) in [5.74, 6) is 0.502. The van der Waals surface area contributed by atoms with E-state index in [-0.39, 0.29) is 5.82 Å². The summed E-state index contributed by atoms with van der Waals surface area (Å²) in [4.78, 5) is 0. The zero-order valence-electron chi connectivity index (χ0n) is 10.3. The fraction of sp³-hybridized carbons (Fsp3) is 0.250. The number of aryl methyl sites for hydroxylation is 1. The van der Waals surface area contributed by atoms with Crippen molar-refractivity contribution in [2.45, 2.75) is 19.3 Å².